The second kappa shape index (κ2) is 7.68. The minimum Gasteiger partial charge on any atom is -0.474 e. The molecule has 2 saturated carbocycles. The van der Waals surface area contributed by atoms with E-state index in [1.807, 2.05) is 26.2 Å². The average Bonchev–Trinajstić information content (AvgIpc) is 3.72. The number of aromatic nitrogens is 3. The van der Waals surface area contributed by atoms with Gasteiger partial charge in [0.2, 0.25) is 5.88 Å². The van der Waals surface area contributed by atoms with Crippen LogP contribution in [0.2, 0.25) is 0 Å². The van der Waals surface area contributed by atoms with Gasteiger partial charge in [-0.3, -0.25) is 0 Å². The van der Waals surface area contributed by atoms with Gasteiger partial charge in [0.05, 0.1) is 16.6 Å². The fourth-order valence-electron chi connectivity index (χ4n) is 4.60. The molecule has 170 valence electrons. The van der Waals surface area contributed by atoms with Crippen molar-refractivity contribution in [2.75, 3.05) is 5.32 Å². The number of nitrogens with one attached hydrogen (secondary N) is 1. The first-order valence-electron chi connectivity index (χ1n) is 11.9. The van der Waals surface area contributed by atoms with Crippen molar-refractivity contribution in [1.29, 1.82) is 0 Å². The molecule has 6 rings (SSSR count). The summed E-state index contributed by atoms with van der Waals surface area (Å²) in [5.41, 5.74) is 2.53. The van der Waals surface area contributed by atoms with Gasteiger partial charge in [0, 0.05) is 18.3 Å². The van der Waals surface area contributed by atoms with Crippen LogP contribution in [-0.2, 0) is 4.74 Å². The average molecular weight is 445 g/mol. The maximum Gasteiger partial charge on any atom is 0.340 e. The molecule has 2 aliphatic carbocycles. The fourth-order valence-corrected chi connectivity index (χ4v) is 4.60. The lowest BCUT2D eigenvalue weighted by Crippen LogP contribution is -2.29. The van der Waals surface area contributed by atoms with Gasteiger partial charge in [-0.25, -0.2) is 19.7 Å². The number of cyclic esters (lactones) is 1. The number of nitrogens with zero attached hydrogens (tertiary/aromatic N) is 3. The molecule has 7 nitrogen and oxygen atoms in total. The Kier molecular flexibility index (Phi) is 4.75. The van der Waals surface area contributed by atoms with Crippen LogP contribution < -0.4 is 10.1 Å². The minimum absolute atomic E-state index is 0.0308. The molecular formula is C26H28N4O3. The second-order valence-corrected chi connectivity index (χ2v) is 9.73. The Morgan fingerprint density at radius 1 is 1.06 bits per heavy atom. The standard InChI is InChI=1S/C26H28N4O3/c1-13-15(3)32-26(31)18-8-9-22(30-24(13)18)29-23-10-19-20(14(2)16-4-5-16)11-28-25(21(19)12-27-23)33-17-6-7-17/h8-17H,4-7H2,1-3H3,(H,27,29,30)/t13-,14+,15-/m0/s1. The molecule has 1 aliphatic heterocycles. The van der Waals surface area contributed by atoms with Crippen LogP contribution in [0, 0.1) is 5.92 Å². The molecule has 3 aromatic rings. The van der Waals surface area contributed by atoms with Crippen molar-refractivity contribution in [1.82, 2.24) is 15.0 Å². The third kappa shape index (κ3) is 3.79. The summed E-state index contributed by atoms with van der Waals surface area (Å²) in [4.78, 5) is 26.3. The maximum absolute atomic E-state index is 12.2. The number of anilines is 2. The quantitative estimate of drug-likeness (QED) is 0.503. The van der Waals surface area contributed by atoms with E-state index in [0.717, 1.165) is 35.2 Å². The molecule has 3 atom stereocenters. The zero-order valence-electron chi connectivity index (χ0n) is 19.2. The van der Waals surface area contributed by atoms with E-state index in [4.69, 9.17) is 14.5 Å². The first-order chi connectivity index (χ1) is 16.0. The van der Waals surface area contributed by atoms with Crippen LogP contribution in [0.25, 0.3) is 10.8 Å². The second-order valence-electron chi connectivity index (χ2n) is 9.73. The first kappa shape index (κ1) is 20.4. The Morgan fingerprint density at radius 2 is 1.88 bits per heavy atom. The van der Waals surface area contributed by atoms with E-state index in [-0.39, 0.29) is 24.1 Å². The van der Waals surface area contributed by atoms with Crippen LogP contribution >= 0.6 is 0 Å². The van der Waals surface area contributed by atoms with E-state index >= 15 is 0 Å². The molecule has 7 heteroatoms. The number of fused-ring (bicyclic) bond motifs is 2. The van der Waals surface area contributed by atoms with Gasteiger partial charge in [0.15, 0.2) is 0 Å². The van der Waals surface area contributed by atoms with Crippen LogP contribution in [-0.4, -0.2) is 33.1 Å². The number of carbonyl (C=O) groups is 1. The fraction of sp³-hybridized carbons (Fsp3) is 0.462. The molecule has 3 aromatic heterocycles. The van der Waals surface area contributed by atoms with Gasteiger partial charge in [-0.05, 0) is 73.6 Å². The van der Waals surface area contributed by atoms with E-state index in [2.05, 4.69) is 28.3 Å². The molecular weight excluding hydrogens is 416 g/mol. The van der Waals surface area contributed by atoms with Crippen LogP contribution in [0.3, 0.4) is 0 Å². The van der Waals surface area contributed by atoms with E-state index in [1.165, 1.54) is 18.4 Å². The highest BCUT2D eigenvalue weighted by atomic mass is 16.5. The Bertz CT molecular complexity index is 1250. The molecule has 0 radical (unpaired) electrons. The highest BCUT2D eigenvalue weighted by Gasteiger charge is 2.33. The van der Waals surface area contributed by atoms with Gasteiger partial charge in [-0.15, -0.1) is 0 Å². The number of carbonyl (C=O) groups excluding carboxylic acids is 1. The molecule has 3 aliphatic rings. The first-order valence-corrected chi connectivity index (χ1v) is 11.9. The van der Waals surface area contributed by atoms with Gasteiger partial charge in [0.1, 0.15) is 23.8 Å². The Labute approximate surface area is 192 Å². The van der Waals surface area contributed by atoms with Crippen LogP contribution in [0.1, 0.15) is 79.9 Å². The summed E-state index contributed by atoms with van der Waals surface area (Å²) in [5.74, 6) is 2.93. The Hall–Kier alpha value is -3.22. The lowest BCUT2D eigenvalue weighted by atomic mass is 9.93. The SMILES string of the molecule is C[C@@H]1OC(=O)c2ccc(Nc3cc4c([C@H](C)C5CC5)cnc(OC5CC5)c4cn3)nc2[C@H]1C. The topological polar surface area (TPSA) is 86.2 Å². The number of rotatable bonds is 6. The van der Waals surface area contributed by atoms with Crippen molar-refractivity contribution in [3.8, 4) is 5.88 Å². The summed E-state index contributed by atoms with van der Waals surface area (Å²) < 4.78 is 11.5. The lowest BCUT2D eigenvalue weighted by Gasteiger charge is -2.27. The maximum atomic E-state index is 12.2. The van der Waals surface area contributed by atoms with Crippen LogP contribution in [0.5, 0.6) is 5.88 Å². The van der Waals surface area contributed by atoms with Crippen molar-refractivity contribution < 1.29 is 14.3 Å². The smallest absolute Gasteiger partial charge is 0.340 e. The molecule has 2 fully saturated rings. The van der Waals surface area contributed by atoms with E-state index in [1.54, 1.807) is 12.1 Å². The monoisotopic (exact) mass is 444 g/mol. The number of esters is 1. The van der Waals surface area contributed by atoms with Gasteiger partial charge in [-0.2, -0.15) is 0 Å². The summed E-state index contributed by atoms with van der Waals surface area (Å²) >= 11 is 0. The largest absolute Gasteiger partial charge is 0.474 e. The van der Waals surface area contributed by atoms with E-state index < -0.39 is 0 Å². The molecule has 0 saturated heterocycles. The van der Waals surface area contributed by atoms with Crippen molar-refractivity contribution >= 4 is 28.4 Å². The minimum atomic E-state index is -0.312. The summed E-state index contributed by atoms with van der Waals surface area (Å²) in [6, 6.07) is 5.66. The number of hydrogen-bond donors (Lipinski definition) is 1. The number of hydrogen-bond acceptors (Lipinski definition) is 7. The van der Waals surface area contributed by atoms with Crippen molar-refractivity contribution in [2.24, 2.45) is 5.92 Å². The Balaban J connectivity index is 1.37. The lowest BCUT2D eigenvalue weighted by molar-refractivity contribution is 0.0235. The van der Waals surface area contributed by atoms with Crippen molar-refractivity contribution in [3.63, 3.8) is 0 Å². The highest BCUT2D eigenvalue weighted by molar-refractivity contribution is 5.93. The summed E-state index contributed by atoms with van der Waals surface area (Å²) in [6.45, 7) is 6.22. The molecule has 33 heavy (non-hydrogen) atoms. The highest BCUT2D eigenvalue weighted by Crippen LogP contribution is 2.45. The Morgan fingerprint density at radius 3 is 2.64 bits per heavy atom. The van der Waals surface area contributed by atoms with E-state index in [0.29, 0.717) is 29.0 Å². The summed E-state index contributed by atoms with van der Waals surface area (Å²) in [6.07, 6.45) is 8.64. The third-order valence-corrected chi connectivity index (χ3v) is 7.22. The number of ether oxygens (including phenoxy) is 2. The summed E-state index contributed by atoms with van der Waals surface area (Å²) in [5, 5.41) is 5.43. The predicted molar refractivity (Wildman–Crippen MR) is 125 cm³/mol. The molecule has 0 spiro atoms. The van der Waals surface area contributed by atoms with Gasteiger partial charge in [-0.1, -0.05) is 13.8 Å². The zero-order valence-corrected chi connectivity index (χ0v) is 19.2. The molecule has 4 heterocycles. The van der Waals surface area contributed by atoms with E-state index in [9.17, 15) is 4.79 Å². The molecule has 1 N–H and O–H groups in total. The predicted octanol–water partition coefficient (Wildman–Crippen LogP) is 5.49. The summed E-state index contributed by atoms with van der Waals surface area (Å²) in [7, 11) is 0. The number of pyridine rings is 3. The van der Waals surface area contributed by atoms with Crippen molar-refractivity contribution in [2.45, 2.75) is 70.5 Å². The molecule has 0 amide bonds. The van der Waals surface area contributed by atoms with Crippen molar-refractivity contribution in [3.05, 3.63) is 47.4 Å². The molecule has 0 aromatic carbocycles. The van der Waals surface area contributed by atoms with Gasteiger partial charge >= 0.3 is 5.97 Å². The third-order valence-electron chi connectivity index (χ3n) is 7.22. The molecule has 0 bridgehead atoms. The van der Waals surface area contributed by atoms with Gasteiger partial charge in [0.25, 0.3) is 0 Å². The molecule has 0 unspecified atom stereocenters. The zero-order chi connectivity index (χ0) is 22.7. The van der Waals surface area contributed by atoms with Crippen LogP contribution in [0.4, 0.5) is 11.6 Å². The normalized spacial score (nSPS) is 23.1. The van der Waals surface area contributed by atoms with Gasteiger partial charge < -0.3 is 14.8 Å². The van der Waals surface area contributed by atoms with Crippen LogP contribution in [0.15, 0.2) is 30.6 Å².